The lowest BCUT2D eigenvalue weighted by Crippen LogP contribution is -2.77. The summed E-state index contributed by atoms with van der Waals surface area (Å²) in [7, 11) is 0. The van der Waals surface area contributed by atoms with E-state index in [-0.39, 0.29) is 43.5 Å². The summed E-state index contributed by atoms with van der Waals surface area (Å²) in [6.45, 7) is 5.70. The van der Waals surface area contributed by atoms with Gasteiger partial charge in [0.1, 0.15) is 34.3 Å². The summed E-state index contributed by atoms with van der Waals surface area (Å²) in [6.07, 6.45) is -3.13. The molecule has 4 saturated carbocycles. The quantitative estimate of drug-likeness (QED) is 0.239. The van der Waals surface area contributed by atoms with E-state index in [1.54, 1.807) is 20.8 Å². The monoisotopic (exact) mass is 538 g/mol. The smallest absolute Gasteiger partial charge is 0.336 e. The molecule has 0 aromatic carbocycles. The molecule has 0 aromatic rings. The van der Waals surface area contributed by atoms with Crippen LogP contribution >= 0.6 is 0 Å². The molecule has 7 N–H and O–H groups in total. The molecular formula is C28H42O10. The summed E-state index contributed by atoms with van der Waals surface area (Å²) in [5.41, 5.74) is -10.2. The SMILES string of the molecule is CC1=C(CO)C(=O)OC(C(C)(O)C2(O)CC(O)C3(O)C4CC(O)C5(O)CCCC(=O)C5(C)C4CCC32C)C1. The highest BCUT2D eigenvalue weighted by Crippen LogP contribution is 2.71. The average molecular weight is 539 g/mol. The van der Waals surface area contributed by atoms with Crippen molar-refractivity contribution in [3.05, 3.63) is 11.1 Å². The van der Waals surface area contributed by atoms with Gasteiger partial charge in [0.15, 0.2) is 0 Å². The second kappa shape index (κ2) is 8.31. The Morgan fingerprint density at radius 3 is 2.32 bits per heavy atom. The number of ether oxygens (including phenoxy) is 1. The molecule has 0 radical (unpaired) electrons. The second-order valence-electron chi connectivity index (χ2n) is 13.3. The number of esters is 1. The van der Waals surface area contributed by atoms with Gasteiger partial charge in [-0.25, -0.2) is 4.79 Å². The maximum atomic E-state index is 13.3. The lowest BCUT2D eigenvalue weighted by Gasteiger charge is -2.67. The molecule has 10 heteroatoms. The molecule has 10 nitrogen and oxygen atoms in total. The number of hydrogen-bond donors (Lipinski definition) is 7. The van der Waals surface area contributed by atoms with Gasteiger partial charge >= 0.3 is 5.97 Å². The Bertz CT molecular complexity index is 1090. The maximum absolute atomic E-state index is 13.3. The topological polar surface area (TPSA) is 185 Å². The first kappa shape index (κ1) is 28.1. The first-order chi connectivity index (χ1) is 17.5. The zero-order valence-corrected chi connectivity index (χ0v) is 22.6. The van der Waals surface area contributed by atoms with E-state index in [9.17, 15) is 45.3 Å². The van der Waals surface area contributed by atoms with E-state index in [4.69, 9.17) is 4.74 Å². The van der Waals surface area contributed by atoms with E-state index in [2.05, 4.69) is 0 Å². The van der Waals surface area contributed by atoms with Crippen molar-refractivity contribution in [2.24, 2.45) is 22.7 Å². The standard InChI is InChI=1S/C28H42O10/c1-14-10-21(38-22(33)15(14)13-29)25(4,34)27(36)12-20(32)28(37)17-11-19(31)26(35)8-5-6-18(30)24(26,3)16(17)7-9-23(27,28)2/h16-17,19-21,29,31-32,34-37H,5-13H2,1-4H3. The van der Waals surface area contributed by atoms with E-state index < -0.39 is 82.4 Å². The Balaban J connectivity index is 1.57. The number of fused-ring (bicyclic) bond motifs is 5. The summed E-state index contributed by atoms with van der Waals surface area (Å²) >= 11 is 0. The van der Waals surface area contributed by atoms with Crippen LogP contribution in [-0.4, -0.2) is 94.8 Å². The van der Waals surface area contributed by atoms with Gasteiger partial charge in [0, 0.05) is 24.7 Å². The first-order valence-corrected chi connectivity index (χ1v) is 13.8. The normalized spacial score (nSPS) is 52.6. The number of aliphatic hydroxyl groups excluding tert-OH is 3. The molecule has 38 heavy (non-hydrogen) atoms. The van der Waals surface area contributed by atoms with E-state index in [1.165, 1.54) is 6.92 Å². The molecule has 0 aromatic heterocycles. The lowest BCUT2D eigenvalue weighted by atomic mass is 9.40. The van der Waals surface area contributed by atoms with Gasteiger partial charge in [-0.15, -0.1) is 0 Å². The number of carbonyl (C=O) groups excluding carboxylic acids is 2. The molecule has 0 spiro atoms. The van der Waals surface area contributed by atoms with Crippen LogP contribution in [0.1, 0.15) is 79.1 Å². The summed E-state index contributed by atoms with van der Waals surface area (Å²) in [5, 5.41) is 80.4. The molecule has 0 bridgehead atoms. The van der Waals surface area contributed by atoms with Crippen LogP contribution in [0.25, 0.3) is 0 Å². The number of rotatable bonds is 3. The van der Waals surface area contributed by atoms with Crippen LogP contribution in [0.5, 0.6) is 0 Å². The molecule has 0 saturated heterocycles. The van der Waals surface area contributed by atoms with Crippen molar-refractivity contribution in [1.29, 1.82) is 0 Å². The van der Waals surface area contributed by atoms with Crippen LogP contribution < -0.4 is 0 Å². The zero-order chi connectivity index (χ0) is 28.3. The van der Waals surface area contributed by atoms with Gasteiger partial charge in [0.05, 0.1) is 29.8 Å². The van der Waals surface area contributed by atoms with Gasteiger partial charge in [0.2, 0.25) is 0 Å². The predicted octanol–water partition coefficient (Wildman–Crippen LogP) is -0.124. The summed E-state index contributed by atoms with van der Waals surface area (Å²) < 4.78 is 5.49. The first-order valence-electron chi connectivity index (χ1n) is 13.8. The highest BCUT2D eigenvalue weighted by molar-refractivity contribution is 5.90. The van der Waals surface area contributed by atoms with Gasteiger partial charge in [-0.05, 0) is 64.7 Å². The Morgan fingerprint density at radius 2 is 1.71 bits per heavy atom. The van der Waals surface area contributed by atoms with Crippen molar-refractivity contribution >= 4 is 11.8 Å². The third kappa shape index (κ3) is 2.97. The summed E-state index contributed by atoms with van der Waals surface area (Å²) in [5.74, 6) is -2.39. The molecule has 11 atom stereocenters. The number of Topliss-reactive ketones (excluding diaryl/α,β-unsaturated/α-hetero) is 1. The van der Waals surface area contributed by atoms with Gasteiger partial charge in [-0.3, -0.25) is 4.79 Å². The fourth-order valence-electron chi connectivity index (χ4n) is 9.53. The molecule has 214 valence electrons. The molecular weight excluding hydrogens is 496 g/mol. The van der Waals surface area contributed by atoms with E-state index in [0.29, 0.717) is 18.4 Å². The minimum absolute atomic E-state index is 0.0475. The van der Waals surface area contributed by atoms with E-state index >= 15 is 0 Å². The van der Waals surface area contributed by atoms with Crippen LogP contribution in [0.4, 0.5) is 0 Å². The van der Waals surface area contributed by atoms with Crippen molar-refractivity contribution in [2.75, 3.05) is 6.61 Å². The number of cyclic esters (lactones) is 1. The van der Waals surface area contributed by atoms with Gasteiger partial charge in [-0.1, -0.05) is 12.5 Å². The van der Waals surface area contributed by atoms with Crippen LogP contribution in [-0.2, 0) is 14.3 Å². The fraction of sp³-hybridized carbons (Fsp3) is 0.857. The predicted molar refractivity (Wildman–Crippen MR) is 132 cm³/mol. The summed E-state index contributed by atoms with van der Waals surface area (Å²) in [6, 6.07) is 0. The minimum atomic E-state index is -2.13. The van der Waals surface area contributed by atoms with Crippen LogP contribution in [0, 0.1) is 22.7 Å². The molecule has 4 fully saturated rings. The molecule has 11 unspecified atom stereocenters. The third-order valence-electron chi connectivity index (χ3n) is 12.1. The minimum Gasteiger partial charge on any atom is -0.455 e. The Hall–Kier alpha value is -1.40. The van der Waals surface area contributed by atoms with Crippen molar-refractivity contribution in [3.63, 3.8) is 0 Å². The largest absolute Gasteiger partial charge is 0.455 e. The molecule has 5 rings (SSSR count). The molecule has 5 aliphatic rings. The van der Waals surface area contributed by atoms with Crippen LogP contribution in [0.3, 0.4) is 0 Å². The number of carbonyl (C=O) groups is 2. The van der Waals surface area contributed by atoms with Crippen molar-refractivity contribution < 1.29 is 50.1 Å². The number of hydrogen-bond acceptors (Lipinski definition) is 10. The molecule has 0 amide bonds. The second-order valence-corrected chi connectivity index (χ2v) is 13.3. The Labute approximate surface area is 222 Å². The van der Waals surface area contributed by atoms with Crippen LogP contribution in [0.2, 0.25) is 0 Å². The van der Waals surface area contributed by atoms with Gasteiger partial charge in [-0.2, -0.15) is 0 Å². The molecule has 4 aliphatic carbocycles. The molecule has 1 aliphatic heterocycles. The highest BCUT2D eigenvalue weighted by atomic mass is 16.6. The Morgan fingerprint density at radius 1 is 1.05 bits per heavy atom. The van der Waals surface area contributed by atoms with Crippen molar-refractivity contribution in [1.82, 2.24) is 0 Å². The van der Waals surface area contributed by atoms with Gasteiger partial charge in [0.25, 0.3) is 0 Å². The Kier molecular flexibility index (Phi) is 6.16. The summed E-state index contributed by atoms with van der Waals surface area (Å²) in [4.78, 5) is 25.9. The average Bonchev–Trinajstić information content (AvgIpc) is 3.00. The third-order valence-corrected chi connectivity index (χ3v) is 12.1. The lowest BCUT2D eigenvalue weighted by molar-refractivity contribution is -0.310. The van der Waals surface area contributed by atoms with Crippen molar-refractivity contribution in [2.45, 2.75) is 120 Å². The zero-order valence-electron chi connectivity index (χ0n) is 22.6. The molecule has 1 heterocycles. The maximum Gasteiger partial charge on any atom is 0.336 e. The number of ketones is 1. The van der Waals surface area contributed by atoms with E-state index in [1.807, 2.05) is 0 Å². The van der Waals surface area contributed by atoms with Crippen molar-refractivity contribution in [3.8, 4) is 0 Å². The van der Waals surface area contributed by atoms with Gasteiger partial charge < -0.3 is 40.5 Å². The van der Waals surface area contributed by atoms with Crippen LogP contribution in [0.15, 0.2) is 11.1 Å². The fourth-order valence-corrected chi connectivity index (χ4v) is 9.53. The number of aliphatic hydroxyl groups is 7. The highest BCUT2D eigenvalue weighted by Gasteiger charge is 2.81. The van der Waals surface area contributed by atoms with E-state index in [0.717, 1.165) is 0 Å².